The summed E-state index contributed by atoms with van der Waals surface area (Å²) in [6.45, 7) is -0.224. The number of carbonyl (C=O) groups is 1. The van der Waals surface area contributed by atoms with E-state index in [0.29, 0.717) is 21.4 Å². The number of hydrogen-bond acceptors (Lipinski definition) is 3. The van der Waals surface area contributed by atoms with E-state index in [0.717, 1.165) is 5.56 Å². The molecule has 0 aliphatic carbocycles. The molecule has 2 rings (SSSR count). The summed E-state index contributed by atoms with van der Waals surface area (Å²) >= 11 is 11.8. The van der Waals surface area contributed by atoms with Gasteiger partial charge in [-0.05, 0) is 35.9 Å². The molecule has 0 aliphatic rings. The third-order valence-electron chi connectivity index (χ3n) is 3.17. The van der Waals surface area contributed by atoms with Gasteiger partial charge in [0, 0.05) is 10.6 Å². The summed E-state index contributed by atoms with van der Waals surface area (Å²) in [5.41, 5.74) is 1.16. The number of methoxy groups -OCH3 is 1. The van der Waals surface area contributed by atoms with E-state index in [1.165, 1.54) is 7.11 Å². The van der Waals surface area contributed by atoms with Gasteiger partial charge in [0.05, 0.1) is 24.8 Å². The highest BCUT2D eigenvalue weighted by Crippen LogP contribution is 2.25. The second kappa shape index (κ2) is 7.49. The van der Waals surface area contributed by atoms with Gasteiger partial charge in [0.2, 0.25) is 0 Å². The molecule has 2 aromatic rings. The Kier molecular flexibility index (Phi) is 5.66. The van der Waals surface area contributed by atoms with Crippen molar-refractivity contribution in [3.8, 4) is 5.75 Å². The van der Waals surface area contributed by atoms with Crippen molar-refractivity contribution in [1.82, 2.24) is 5.32 Å². The Labute approximate surface area is 138 Å². The molecule has 2 aromatic carbocycles. The van der Waals surface area contributed by atoms with Crippen LogP contribution in [0.5, 0.6) is 5.75 Å². The smallest absolute Gasteiger partial charge is 0.251 e. The van der Waals surface area contributed by atoms with Crippen LogP contribution in [-0.2, 0) is 0 Å². The summed E-state index contributed by atoms with van der Waals surface area (Å²) in [5.74, 6) is 0.0883. The van der Waals surface area contributed by atoms with Crippen molar-refractivity contribution in [2.24, 2.45) is 0 Å². The lowest BCUT2D eigenvalue weighted by Gasteiger charge is -2.17. The van der Waals surface area contributed by atoms with Crippen molar-refractivity contribution >= 4 is 29.1 Å². The van der Waals surface area contributed by atoms with Gasteiger partial charge in [0.1, 0.15) is 5.75 Å². The number of aliphatic hydroxyl groups is 1. The number of hydrogen-bond donors (Lipinski definition) is 2. The highest BCUT2D eigenvalue weighted by atomic mass is 35.5. The summed E-state index contributed by atoms with van der Waals surface area (Å²) in [6.07, 6.45) is 0. The predicted molar refractivity (Wildman–Crippen MR) is 86.7 cm³/mol. The summed E-state index contributed by atoms with van der Waals surface area (Å²) in [4.78, 5) is 12.3. The second-order valence-corrected chi connectivity index (χ2v) is 5.45. The van der Waals surface area contributed by atoms with Crippen LogP contribution in [0.1, 0.15) is 22.0 Å². The van der Waals surface area contributed by atoms with E-state index >= 15 is 0 Å². The number of halogens is 2. The van der Waals surface area contributed by atoms with Crippen molar-refractivity contribution in [1.29, 1.82) is 0 Å². The fourth-order valence-corrected chi connectivity index (χ4v) is 2.29. The largest absolute Gasteiger partial charge is 0.495 e. The van der Waals surface area contributed by atoms with Crippen molar-refractivity contribution < 1.29 is 14.6 Å². The fraction of sp³-hybridized carbons (Fsp3) is 0.188. The molecule has 1 unspecified atom stereocenters. The van der Waals surface area contributed by atoms with E-state index < -0.39 is 6.04 Å². The molecule has 1 amide bonds. The van der Waals surface area contributed by atoms with Gasteiger partial charge < -0.3 is 15.2 Å². The van der Waals surface area contributed by atoms with Gasteiger partial charge in [-0.15, -0.1) is 0 Å². The van der Waals surface area contributed by atoms with E-state index in [-0.39, 0.29) is 12.5 Å². The number of benzene rings is 2. The zero-order valence-electron chi connectivity index (χ0n) is 11.8. The number of nitrogens with one attached hydrogen (secondary N) is 1. The maximum absolute atomic E-state index is 12.3. The number of carbonyl (C=O) groups excluding carboxylic acids is 1. The van der Waals surface area contributed by atoms with Gasteiger partial charge >= 0.3 is 0 Å². The first-order chi connectivity index (χ1) is 10.5. The summed E-state index contributed by atoms with van der Waals surface area (Å²) in [5, 5.41) is 13.3. The van der Waals surface area contributed by atoms with Crippen LogP contribution in [-0.4, -0.2) is 24.7 Å². The molecule has 0 saturated heterocycles. The standard InChI is InChI=1S/C16H15Cl2NO3/c1-22-15-8-11(4-7-13(15)18)16(21)19-14(9-20)10-2-5-12(17)6-3-10/h2-8,14,20H,9H2,1H3,(H,19,21). The molecule has 2 N–H and O–H groups in total. The average molecular weight is 340 g/mol. The van der Waals surface area contributed by atoms with Gasteiger partial charge in [-0.25, -0.2) is 0 Å². The van der Waals surface area contributed by atoms with Crippen molar-refractivity contribution in [3.63, 3.8) is 0 Å². The average Bonchev–Trinajstić information content (AvgIpc) is 2.53. The van der Waals surface area contributed by atoms with Crippen molar-refractivity contribution in [3.05, 3.63) is 63.6 Å². The minimum absolute atomic E-state index is 0.224. The van der Waals surface area contributed by atoms with E-state index in [1.807, 2.05) is 0 Å². The highest BCUT2D eigenvalue weighted by Gasteiger charge is 2.16. The lowest BCUT2D eigenvalue weighted by molar-refractivity contribution is 0.0916. The maximum atomic E-state index is 12.3. The van der Waals surface area contributed by atoms with Gasteiger partial charge in [0.25, 0.3) is 5.91 Å². The van der Waals surface area contributed by atoms with Gasteiger partial charge in [0.15, 0.2) is 0 Å². The normalized spacial score (nSPS) is 11.8. The zero-order valence-corrected chi connectivity index (χ0v) is 13.4. The molecule has 1 atom stereocenters. The summed E-state index contributed by atoms with van der Waals surface area (Å²) in [7, 11) is 1.48. The molecule has 6 heteroatoms. The Balaban J connectivity index is 2.17. The van der Waals surface area contributed by atoms with Crippen LogP contribution in [0.25, 0.3) is 0 Å². The van der Waals surface area contributed by atoms with E-state index in [1.54, 1.807) is 42.5 Å². The highest BCUT2D eigenvalue weighted by molar-refractivity contribution is 6.32. The quantitative estimate of drug-likeness (QED) is 0.876. The SMILES string of the molecule is COc1cc(C(=O)NC(CO)c2ccc(Cl)cc2)ccc1Cl. The molecule has 116 valence electrons. The van der Waals surface area contributed by atoms with E-state index in [9.17, 15) is 9.90 Å². The van der Waals surface area contributed by atoms with Crippen LogP contribution in [0.3, 0.4) is 0 Å². The van der Waals surface area contributed by atoms with Crippen LogP contribution >= 0.6 is 23.2 Å². The van der Waals surface area contributed by atoms with Crippen LogP contribution in [0.4, 0.5) is 0 Å². The summed E-state index contributed by atoms with van der Waals surface area (Å²) < 4.78 is 5.09. The minimum atomic E-state index is -0.522. The molecule has 0 spiro atoms. The predicted octanol–water partition coefficient (Wildman–Crippen LogP) is 3.47. The van der Waals surface area contributed by atoms with Gasteiger partial charge in [-0.1, -0.05) is 35.3 Å². The molecule has 0 fully saturated rings. The Hall–Kier alpha value is -1.75. The first-order valence-corrected chi connectivity index (χ1v) is 7.31. The van der Waals surface area contributed by atoms with Gasteiger partial charge in [-0.2, -0.15) is 0 Å². The molecule has 0 aromatic heterocycles. The fourth-order valence-electron chi connectivity index (χ4n) is 1.97. The second-order valence-electron chi connectivity index (χ2n) is 4.61. The third kappa shape index (κ3) is 3.91. The molecule has 0 aliphatic heterocycles. The van der Waals surface area contributed by atoms with Crippen LogP contribution < -0.4 is 10.1 Å². The Morgan fingerprint density at radius 3 is 2.50 bits per heavy atom. The monoisotopic (exact) mass is 339 g/mol. The van der Waals surface area contributed by atoms with Crippen molar-refractivity contribution in [2.45, 2.75) is 6.04 Å². The molecule has 0 bridgehead atoms. The number of aliphatic hydroxyl groups excluding tert-OH is 1. The van der Waals surface area contributed by atoms with Gasteiger partial charge in [-0.3, -0.25) is 4.79 Å². The Morgan fingerprint density at radius 2 is 1.91 bits per heavy atom. The topological polar surface area (TPSA) is 58.6 Å². The third-order valence-corrected chi connectivity index (χ3v) is 3.74. The molecule has 22 heavy (non-hydrogen) atoms. The first-order valence-electron chi connectivity index (χ1n) is 6.56. The lowest BCUT2D eigenvalue weighted by Crippen LogP contribution is -2.30. The minimum Gasteiger partial charge on any atom is -0.495 e. The molecular formula is C16H15Cl2NO3. The van der Waals surface area contributed by atoms with Crippen LogP contribution in [0.2, 0.25) is 10.0 Å². The van der Waals surface area contributed by atoms with E-state index in [2.05, 4.69) is 5.32 Å². The van der Waals surface area contributed by atoms with Crippen LogP contribution in [0.15, 0.2) is 42.5 Å². The van der Waals surface area contributed by atoms with E-state index in [4.69, 9.17) is 27.9 Å². The molecule has 0 saturated carbocycles. The summed E-state index contributed by atoms with van der Waals surface area (Å²) in [6, 6.07) is 11.1. The molecular weight excluding hydrogens is 325 g/mol. The number of ether oxygens (including phenoxy) is 1. The Morgan fingerprint density at radius 1 is 1.23 bits per heavy atom. The zero-order chi connectivity index (χ0) is 16.1. The first kappa shape index (κ1) is 16.6. The molecule has 0 heterocycles. The molecule has 0 radical (unpaired) electrons. The maximum Gasteiger partial charge on any atom is 0.251 e. The Bertz CT molecular complexity index is 659. The number of rotatable bonds is 5. The number of amides is 1. The molecule has 4 nitrogen and oxygen atoms in total. The van der Waals surface area contributed by atoms with Crippen LogP contribution in [0, 0.1) is 0 Å². The van der Waals surface area contributed by atoms with Crippen molar-refractivity contribution in [2.75, 3.05) is 13.7 Å². The lowest BCUT2D eigenvalue weighted by atomic mass is 10.1.